The number of aromatic hydroxyl groups is 3. The number of rotatable bonds is 3. The minimum Gasteiger partial charge on any atom is -0.508 e. The molecule has 5 nitrogen and oxygen atoms in total. The smallest absolute Gasteiger partial charge is 0.177 e. The second-order valence-corrected chi connectivity index (χ2v) is 6.39. The van der Waals surface area contributed by atoms with Crippen LogP contribution in [-0.2, 0) is 6.42 Å². The van der Waals surface area contributed by atoms with Crippen LogP contribution in [0.5, 0.6) is 23.0 Å². The van der Waals surface area contributed by atoms with Crippen LogP contribution in [0.4, 0.5) is 0 Å². The maximum atomic E-state index is 12.8. The number of phenols is 3. The minimum atomic E-state index is -0.664. The summed E-state index contributed by atoms with van der Waals surface area (Å²) in [6, 6.07) is 7.39. The van der Waals surface area contributed by atoms with E-state index in [1.165, 1.54) is 24.3 Å². The van der Waals surface area contributed by atoms with Gasteiger partial charge in [-0.1, -0.05) is 17.7 Å². The van der Waals surface area contributed by atoms with E-state index in [1.807, 2.05) is 19.9 Å². The summed E-state index contributed by atoms with van der Waals surface area (Å²) in [5.41, 5.74) is 2.25. The van der Waals surface area contributed by atoms with Crippen LogP contribution in [0.15, 0.2) is 42.0 Å². The molecule has 1 atom stereocenters. The largest absolute Gasteiger partial charge is 0.508 e. The van der Waals surface area contributed by atoms with E-state index in [-0.39, 0.29) is 29.6 Å². The van der Waals surface area contributed by atoms with Crippen LogP contribution in [0.2, 0.25) is 0 Å². The number of hydrogen-bond acceptors (Lipinski definition) is 5. The number of Topliss-reactive ketones (excluding diaryl/α,β-unsaturated/α-hetero) is 1. The fourth-order valence-corrected chi connectivity index (χ4v) is 2.93. The van der Waals surface area contributed by atoms with Gasteiger partial charge in [0.05, 0.1) is 11.5 Å². The average Bonchev–Trinajstić information content (AvgIpc) is 2.55. The van der Waals surface area contributed by atoms with Gasteiger partial charge < -0.3 is 20.1 Å². The molecule has 0 bridgehead atoms. The predicted molar refractivity (Wildman–Crippen MR) is 93.6 cm³/mol. The first kappa shape index (κ1) is 16.9. The molecule has 1 heterocycles. The number of hydrogen-bond donors (Lipinski definition) is 3. The molecule has 0 fully saturated rings. The lowest BCUT2D eigenvalue weighted by molar-refractivity contribution is 0.0894. The molecule has 130 valence electrons. The van der Waals surface area contributed by atoms with Crippen LogP contribution in [0, 0.1) is 0 Å². The van der Waals surface area contributed by atoms with E-state index in [0.717, 1.165) is 5.57 Å². The number of phenolic OH excluding ortho intramolecular Hbond substituents is 3. The topological polar surface area (TPSA) is 87.0 Å². The van der Waals surface area contributed by atoms with Crippen molar-refractivity contribution in [2.75, 3.05) is 6.61 Å². The summed E-state index contributed by atoms with van der Waals surface area (Å²) in [6.45, 7) is 3.93. The van der Waals surface area contributed by atoms with E-state index in [4.69, 9.17) is 4.74 Å². The molecule has 2 aromatic carbocycles. The van der Waals surface area contributed by atoms with E-state index in [2.05, 4.69) is 0 Å². The highest BCUT2D eigenvalue weighted by Gasteiger charge is 2.33. The zero-order valence-electron chi connectivity index (χ0n) is 14.1. The standard InChI is InChI=1S/C20H20O5/c1-11(2)3-5-14-17(22)8-7-13(19(14)23)16-10-25-18-9-12(21)4-6-15(18)20(16)24/h3-4,6-9,16,21-23H,5,10H2,1-2H3/t16-/m1/s1. The van der Waals surface area contributed by atoms with Crippen LogP contribution in [-0.4, -0.2) is 27.7 Å². The van der Waals surface area contributed by atoms with Crippen molar-refractivity contribution in [2.24, 2.45) is 0 Å². The fraction of sp³-hybridized carbons (Fsp3) is 0.250. The van der Waals surface area contributed by atoms with Crippen molar-refractivity contribution in [3.63, 3.8) is 0 Å². The monoisotopic (exact) mass is 340 g/mol. The first-order valence-corrected chi connectivity index (χ1v) is 8.05. The zero-order valence-corrected chi connectivity index (χ0v) is 14.1. The van der Waals surface area contributed by atoms with E-state index in [9.17, 15) is 20.1 Å². The van der Waals surface area contributed by atoms with Crippen LogP contribution < -0.4 is 4.74 Å². The molecule has 0 unspecified atom stereocenters. The van der Waals surface area contributed by atoms with Gasteiger partial charge in [0.2, 0.25) is 0 Å². The van der Waals surface area contributed by atoms with Gasteiger partial charge in [0.1, 0.15) is 29.6 Å². The molecule has 3 rings (SSSR count). The predicted octanol–water partition coefficient (Wildman–Crippen LogP) is 3.67. The van der Waals surface area contributed by atoms with Gasteiger partial charge >= 0.3 is 0 Å². The second kappa shape index (κ2) is 6.51. The lowest BCUT2D eigenvalue weighted by Crippen LogP contribution is -2.26. The van der Waals surface area contributed by atoms with Crippen LogP contribution in [0.1, 0.15) is 41.3 Å². The van der Waals surface area contributed by atoms with Crippen molar-refractivity contribution in [3.05, 3.63) is 58.7 Å². The van der Waals surface area contributed by atoms with Crippen molar-refractivity contribution in [1.82, 2.24) is 0 Å². The molecule has 0 saturated heterocycles. The van der Waals surface area contributed by atoms with E-state index < -0.39 is 5.92 Å². The first-order chi connectivity index (χ1) is 11.9. The summed E-state index contributed by atoms with van der Waals surface area (Å²) < 4.78 is 5.60. The Bertz CT molecular complexity index is 863. The van der Waals surface area contributed by atoms with Gasteiger partial charge in [0.15, 0.2) is 5.78 Å². The van der Waals surface area contributed by atoms with Crippen molar-refractivity contribution < 1.29 is 24.9 Å². The summed E-state index contributed by atoms with van der Waals surface area (Å²) in [6.07, 6.45) is 2.27. The molecular formula is C20H20O5. The molecule has 0 aromatic heterocycles. The molecule has 0 aliphatic carbocycles. The average molecular weight is 340 g/mol. The van der Waals surface area contributed by atoms with Crippen LogP contribution in [0.25, 0.3) is 0 Å². The first-order valence-electron chi connectivity index (χ1n) is 8.05. The summed E-state index contributed by atoms with van der Waals surface area (Å²) in [5, 5.41) is 30.2. The summed E-state index contributed by atoms with van der Waals surface area (Å²) >= 11 is 0. The van der Waals surface area contributed by atoms with Crippen molar-refractivity contribution in [1.29, 1.82) is 0 Å². The van der Waals surface area contributed by atoms with Crippen molar-refractivity contribution in [2.45, 2.75) is 26.2 Å². The van der Waals surface area contributed by atoms with Gasteiger partial charge in [-0.3, -0.25) is 4.79 Å². The van der Waals surface area contributed by atoms with Gasteiger partial charge in [-0.05, 0) is 38.5 Å². The zero-order chi connectivity index (χ0) is 18.1. The highest BCUT2D eigenvalue weighted by atomic mass is 16.5. The summed E-state index contributed by atoms with van der Waals surface area (Å²) in [4.78, 5) is 12.8. The number of fused-ring (bicyclic) bond motifs is 1. The molecule has 5 heteroatoms. The van der Waals surface area contributed by atoms with Crippen molar-refractivity contribution in [3.8, 4) is 23.0 Å². The molecule has 0 amide bonds. The highest BCUT2D eigenvalue weighted by Crippen LogP contribution is 2.40. The number of carbonyl (C=O) groups excluding carboxylic acids is 1. The summed E-state index contributed by atoms with van der Waals surface area (Å²) in [5.74, 6) is -0.570. The third-order valence-electron chi connectivity index (χ3n) is 4.33. The molecule has 2 aromatic rings. The Morgan fingerprint density at radius 1 is 1.20 bits per heavy atom. The second-order valence-electron chi connectivity index (χ2n) is 6.39. The normalized spacial score (nSPS) is 16.1. The molecule has 1 aliphatic rings. The number of ether oxygens (including phenoxy) is 1. The lowest BCUT2D eigenvalue weighted by atomic mass is 9.87. The van der Waals surface area contributed by atoms with Crippen LogP contribution >= 0.6 is 0 Å². The number of benzene rings is 2. The Balaban J connectivity index is 2.00. The molecule has 1 aliphatic heterocycles. The molecule has 0 saturated carbocycles. The molecule has 0 radical (unpaired) electrons. The van der Waals surface area contributed by atoms with E-state index in [0.29, 0.717) is 28.9 Å². The maximum absolute atomic E-state index is 12.8. The van der Waals surface area contributed by atoms with E-state index in [1.54, 1.807) is 6.07 Å². The quantitative estimate of drug-likeness (QED) is 0.742. The Morgan fingerprint density at radius 2 is 1.96 bits per heavy atom. The van der Waals surface area contributed by atoms with E-state index >= 15 is 0 Å². The maximum Gasteiger partial charge on any atom is 0.177 e. The van der Waals surface area contributed by atoms with Gasteiger partial charge in [-0.15, -0.1) is 0 Å². The van der Waals surface area contributed by atoms with Gasteiger partial charge in [0, 0.05) is 17.2 Å². The third kappa shape index (κ3) is 3.18. The van der Waals surface area contributed by atoms with Gasteiger partial charge in [-0.25, -0.2) is 0 Å². The highest BCUT2D eigenvalue weighted by molar-refractivity contribution is 6.04. The number of allylic oxidation sites excluding steroid dienone is 2. The molecule has 3 N–H and O–H groups in total. The Morgan fingerprint density at radius 3 is 2.68 bits per heavy atom. The molecule has 0 spiro atoms. The van der Waals surface area contributed by atoms with Crippen molar-refractivity contribution >= 4 is 5.78 Å². The van der Waals surface area contributed by atoms with Crippen LogP contribution in [0.3, 0.4) is 0 Å². The minimum absolute atomic E-state index is 0.00625. The Labute approximate surface area is 145 Å². The third-order valence-corrected chi connectivity index (χ3v) is 4.33. The summed E-state index contributed by atoms with van der Waals surface area (Å²) in [7, 11) is 0. The number of ketones is 1. The lowest BCUT2D eigenvalue weighted by Gasteiger charge is -2.25. The van der Waals surface area contributed by atoms with Gasteiger partial charge in [-0.2, -0.15) is 0 Å². The number of carbonyl (C=O) groups is 1. The van der Waals surface area contributed by atoms with Gasteiger partial charge in [0.25, 0.3) is 0 Å². The Kier molecular flexibility index (Phi) is 4.40. The molecule has 25 heavy (non-hydrogen) atoms. The Hall–Kier alpha value is -2.95. The molecular weight excluding hydrogens is 320 g/mol. The fourth-order valence-electron chi connectivity index (χ4n) is 2.93. The SMILES string of the molecule is CC(C)=CCc1c(O)ccc([C@H]2COc3cc(O)ccc3C2=O)c1O.